The Morgan fingerprint density at radius 1 is 1.21 bits per heavy atom. The van der Waals surface area contributed by atoms with Crippen molar-refractivity contribution in [3.8, 4) is 0 Å². The molecule has 9 nitrogen and oxygen atoms in total. The van der Waals surface area contributed by atoms with E-state index in [1.807, 2.05) is 0 Å². The summed E-state index contributed by atoms with van der Waals surface area (Å²) >= 11 is 0. The van der Waals surface area contributed by atoms with E-state index in [1.165, 1.54) is 4.90 Å². The number of amides is 3. The van der Waals surface area contributed by atoms with Gasteiger partial charge < -0.3 is 15.5 Å². The summed E-state index contributed by atoms with van der Waals surface area (Å²) in [4.78, 5) is 40.0. The molecule has 3 amide bonds. The molecule has 2 N–H and O–H groups in total. The number of primary amides is 1. The highest BCUT2D eigenvalue weighted by molar-refractivity contribution is 6.07. The van der Waals surface area contributed by atoms with E-state index in [9.17, 15) is 14.4 Å². The smallest absolute Gasteiger partial charge is 0.254 e. The number of nitrogens with two attached hydrogens (primary N) is 1. The van der Waals surface area contributed by atoms with Gasteiger partial charge in [0, 0.05) is 39.8 Å². The average molecular weight is 396 g/mol. The summed E-state index contributed by atoms with van der Waals surface area (Å²) in [6.07, 6.45) is 6.40. The molecule has 0 radical (unpaired) electrons. The van der Waals surface area contributed by atoms with Gasteiger partial charge in [-0.15, -0.1) is 5.10 Å². The number of nitrogens with zero attached hydrogens (tertiary/aromatic N) is 5. The van der Waals surface area contributed by atoms with Crippen LogP contribution in [-0.2, 0) is 11.3 Å². The molecule has 0 atom stereocenters. The minimum absolute atomic E-state index is 0.0284. The lowest BCUT2D eigenvalue weighted by Gasteiger charge is -2.28. The highest BCUT2D eigenvalue weighted by Crippen LogP contribution is 2.24. The molecule has 0 spiro atoms. The molecule has 2 aromatic rings. The van der Waals surface area contributed by atoms with Gasteiger partial charge in [-0.3, -0.25) is 19.1 Å². The molecular weight excluding hydrogens is 372 g/mol. The zero-order valence-corrected chi connectivity index (χ0v) is 16.5. The molecule has 3 rings (SSSR count). The molecule has 0 bridgehead atoms. The van der Waals surface area contributed by atoms with Gasteiger partial charge in [0.1, 0.15) is 0 Å². The molecule has 1 aliphatic rings. The Morgan fingerprint density at radius 3 is 2.66 bits per heavy atom. The maximum Gasteiger partial charge on any atom is 0.254 e. The van der Waals surface area contributed by atoms with E-state index < -0.39 is 5.91 Å². The number of carbonyl (C=O) groups excluding carboxylic acids is 3. The van der Waals surface area contributed by atoms with E-state index in [-0.39, 0.29) is 22.9 Å². The number of aromatic nitrogens is 3. The first kappa shape index (κ1) is 20.2. The van der Waals surface area contributed by atoms with Crippen molar-refractivity contribution in [2.45, 2.75) is 19.4 Å². The summed E-state index contributed by atoms with van der Waals surface area (Å²) in [5, 5.41) is 7.60. The molecule has 1 aromatic carbocycles. The van der Waals surface area contributed by atoms with Gasteiger partial charge in [0.25, 0.3) is 5.91 Å². The average Bonchev–Trinajstić information content (AvgIpc) is 3.24. The second-order valence-corrected chi connectivity index (χ2v) is 7.07. The summed E-state index contributed by atoms with van der Waals surface area (Å²) in [6.45, 7) is 1.55. The van der Waals surface area contributed by atoms with Crippen LogP contribution >= 0.6 is 0 Å². The van der Waals surface area contributed by atoms with Gasteiger partial charge in [-0.1, -0.05) is 17.4 Å². The van der Waals surface area contributed by atoms with Gasteiger partial charge in [0.05, 0.1) is 23.9 Å². The predicted molar refractivity (Wildman–Crippen MR) is 107 cm³/mol. The Balaban J connectivity index is 1.75. The topological polar surface area (TPSA) is 114 Å². The predicted octanol–water partition coefficient (Wildman–Crippen LogP) is 0.785. The molecule has 2 heterocycles. The largest absolute Gasteiger partial charge is 0.366 e. The van der Waals surface area contributed by atoms with E-state index in [0.29, 0.717) is 32.5 Å². The van der Waals surface area contributed by atoms with Crippen LogP contribution in [0.5, 0.6) is 0 Å². The number of carbonyl (C=O) groups is 3. The van der Waals surface area contributed by atoms with Crippen LogP contribution in [0.1, 0.15) is 39.1 Å². The van der Waals surface area contributed by atoms with Crippen LogP contribution in [0.4, 0.5) is 0 Å². The fourth-order valence-corrected chi connectivity index (χ4v) is 3.26. The minimum Gasteiger partial charge on any atom is -0.366 e. The Labute approximate surface area is 168 Å². The quantitative estimate of drug-likeness (QED) is 0.775. The Kier molecular flexibility index (Phi) is 6.06. The molecule has 29 heavy (non-hydrogen) atoms. The third-order valence-corrected chi connectivity index (χ3v) is 4.82. The molecule has 0 aliphatic carbocycles. The molecule has 0 saturated carbocycles. The lowest BCUT2D eigenvalue weighted by atomic mass is 9.95. The molecule has 0 unspecified atom stereocenters. The van der Waals surface area contributed by atoms with E-state index in [0.717, 1.165) is 11.1 Å². The van der Waals surface area contributed by atoms with Crippen LogP contribution < -0.4 is 5.73 Å². The van der Waals surface area contributed by atoms with Gasteiger partial charge in [-0.2, -0.15) is 0 Å². The van der Waals surface area contributed by atoms with Crippen molar-refractivity contribution in [2.24, 2.45) is 5.73 Å². The maximum atomic E-state index is 12.6. The SMILES string of the molecule is CN(C)C(=O)c1ccc(C2=CCCN(C(=O)CCn3ccnn3)C2)cc1C(N)=O. The Morgan fingerprint density at radius 2 is 2.00 bits per heavy atom. The number of rotatable bonds is 6. The zero-order valence-electron chi connectivity index (χ0n) is 16.5. The number of hydrogen-bond donors (Lipinski definition) is 1. The number of aryl methyl sites for hydroxylation is 1. The molecule has 1 aliphatic heterocycles. The second-order valence-electron chi connectivity index (χ2n) is 7.07. The van der Waals surface area contributed by atoms with Crippen molar-refractivity contribution in [1.82, 2.24) is 24.8 Å². The molecule has 9 heteroatoms. The van der Waals surface area contributed by atoms with E-state index in [4.69, 9.17) is 5.73 Å². The molecule has 0 saturated heterocycles. The van der Waals surface area contributed by atoms with Crippen molar-refractivity contribution >= 4 is 23.3 Å². The third-order valence-electron chi connectivity index (χ3n) is 4.82. The van der Waals surface area contributed by atoms with Gasteiger partial charge in [0.2, 0.25) is 11.8 Å². The van der Waals surface area contributed by atoms with Gasteiger partial charge >= 0.3 is 0 Å². The van der Waals surface area contributed by atoms with Gasteiger partial charge in [0.15, 0.2) is 0 Å². The third kappa shape index (κ3) is 4.68. The van der Waals surface area contributed by atoms with Crippen molar-refractivity contribution in [3.63, 3.8) is 0 Å². The highest BCUT2D eigenvalue weighted by atomic mass is 16.2. The fourth-order valence-electron chi connectivity index (χ4n) is 3.26. The van der Waals surface area contributed by atoms with E-state index >= 15 is 0 Å². The summed E-state index contributed by atoms with van der Waals surface area (Å²) < 4.78 is 1.62. The number of benzene rings is 1. The van der Waals surface area contributed by atoms with Crippen LogP contribution in [0.2, 0.25) is 0 Å². The first-order valence-electron chi connectivity index (χ1n) is 9.33. The van der Waals surface area contributed by atoms with Crippen molar-refractivity contribution < 1.29 is 14.4 Å². The second kappa shape index (κ2) is 8.68. The van der Waals surface area contributed by atoms with Gasteiger partial charge in [-0.25, -0.2) is 0 Å². The van der Waals surface area contributed by atoms with Gasteiger partial charge in [-0.05, 0) is 29.7 Å². The van der Waals surface area contributed by atoms with Crippen LogP contribution in [0, 0.1) is 0 Å². The molecular formula is C20H24N6O3. The molecule has 152 valence electrons. The molecule has 0 fully saturated rings. The van der Waals surface area contributed by atoms with Crippen molar-refractivity contribution in [3.05, 3.63) is 53.4 Å². The summed E-state index contributed by atoms with van der Waals surface area (Å²) in [7, 11) is 3.24. The van der Waals surface area contributed by atoms with Crippen LogP contribution in [-0.4, -0.2) is 69.7 Å². The summed E-state index contributed by atoms with van der Waals surface area (Å²) in [5.41, 5.74) is 7.66. The van der Waals surface area contributed by atoms with Crippen LogP contribution in [0.3, 0.4) is 0 Å². The zero-order chi connectivity index (χ0) is 21.0. The Bertz CT molecular complexity index is 949. The first-order valence-corrected chi connectivity index (χ1v) is 9.33. The first-order chi connectivity index (χ1) is 13.9. The lowest BCUT2D eigenvalue weighted by Crippen LogP contribution is -2.36. The van der Waals surface area contributed by atoms with E-state index in [1.54, 1.807) is 54.3 Å². The van der Waals surface area contributed by atoms with E-state index in [2.05, 4.69) is 16.4 Å². The van der Waals surface area contributed by atoms with Crippen molar-refractivity contribution in [1.29, 1.82) is 0 Å². The Hall–Kier alpha value is -3.49. The maximum absolute atomic E-state index is 12.6. The monoisotopic (exact) mass is 396 g/mol. The summed E-state index contributed by atoms with van der Waals surface area (Å²) in [6, 6.07) is 5.04. The normalized spacial score (nSPS) is 13.7. The highest BCUT2D eigenvalue weighted by Gasteiger charge is 2.22. The van der Waals surface area contributed by atoms with Crippen LogP contribution in [0.25, 0.3) is 5.57 Å². The fraction of sp³-hybridized carbons (Fsp3) is 0.350. The number of hydrogen-bond acceptors (Lipinski definition) is 5. The lowest BCUT2D eigenvalue weighted by molar-refractivity contribution is -0.131. The minimum atomic E-state index is -0.658. The van der Waals surface area contributed by atoms with Crippen molar-refractivity contribution in [2.75, 3.05) is 27.2 Å². The molecule has 1 aromatic heterocycles. The van der Waals surface area contributed by atoms with Crippen LogP contribution in [0.15, 0.2) is 36.7 Å². The summed E-state index contributed by atoms with van der Waals surface area (Å²) in [5.74, 6) is -0.914. The standard InChI is InChI=1S/C20H24N6O3/c1-24(2)20(29)16-6-5-14(12-17(16)19(21)28)15-4-3-9-25(13-15)18(27)7-10-26-11-8-22-23-26/h4-6,8,11-12H,3,7,9-10,13H2,1-2H3,(H2,21,28).